The number of nitrogens with one attached hydrogen (secondary N) is 1. The highest BCUT2D eigenvalue weighted by atomic mass is 19.1. The summed E-state index contributed by atoms with van der Waals surface area (Å²) in [5.74, 6) is 0.863. The molecule has 6 heteroatoms. The number of piperidine rings is 1. The van der Waals surface area contributed by atoms with Gasteiger partial charge in [0, 0.05) is 68.7 Å². The fourth-order valence-electron chi connectivity index (χ4n) is 5.01. The quantitative estimate of drug-likeness (QED) is 0.882. The molecular weight excluding hydrogens is 355 g/mol. The molecule has 1 aromatic heterocycles. The van der Waals surface area contributed by atoms with E-state index in [0.717, 1.165) is 57.1 Å². The first-order chi connectivity index (χ1) is 13.7. The lowest BCUT2D eigenvalue weighted by Crippen LogP contribution is -2.48. The van der Waals surface area contributed by atoms with Crippen LogP contribution in [0.2, 0.25) is 0 Å². The van der Waals surface area contributed by atoms with Crippen molar-refractivity contribution in [3.05, 3.63) is 63.8 Å². The third-order valence-electron chi connectivity index (χ3n) is 6.55. The number of hydrogen-bond donors (Lipinski definition) is 1. The molecule has 0 amide bonds. The summed E-state index contributed by atoms with van der Waals surface area (Å²) < 4.78 is 15.2. The average molecular weight is 382 g/mol. The molecule has 1 N–H and O–H groups in total. The zero-order chi connectivity index (χ0) is 19.1. The van der Waals surface area contributed by atoms with Gasteiger partial charge in [-0.2, -0.15) is 0 Å². The second-order valence-electron chi connectivity index (χ2n) is 8.40. The van der Waals surface area contributed by atoms with Crippen LogP contribution >= 0.6 is 0 Å². The summed E-state index contributed by atoms with van der Waals surface area (Å²) in [6.45, 7) is 7.19. The van der Waals surface area contributed by atoms with Crippen molar-refractivity contribution in [2.75, 3.05) is 44.2 Å². The molecule has 2 saturated heterocycles. The van der Waals surface area contributed by atoms with Gasteiger partial charge in [0.05, 0.1) is 0 Å². The molecule has 2 aromatic rings. The fraction of sp³-hybridized carbons (Fsp3) is 0.500. The van der Waals surface area contributed by atoms with Crippen molar-refractivity contribution >= 4 is 5.69 Å². The lowest BCUT2D eigenvalue weighted by Gasteiger charge is -2.38. The summed E-state index contributed by atoms with van der Waals surface area (Å²) in [6.07, 6.45) is 1.21. The minimum absolute atomic E-state index is 0.199. The SMILES string of the molecule is O=c1c(CN2CCN(c3ccc(F)cc3)CC2)ccc2n1C[C@@H]1CNC[C@H]2C1. The van der Waals surface area contributed by atoms with Crippen LogP contribution in [0.4, 0.5) is 10.1 Å². The van der Waals surface area contributed by atoms with E-state index in [-0.39, 0.29) is 11.4 Å². The Morgan fingerprint density at radius 2 is 1.79 bits per heavy atom. The summed E-state index contributed by atoms with van der Waals surface area (Å²) >= 11 is 0. The normalized spacial score (nSPS) is 24.8. The van der Waals surface area contributed by atoms with Gasteiger partial charge < -0.3 is 14.8 Å². The van der Waals surface area contributed by atoms with E-state index in [2.05, 4.69) is 27.2 Å². The number of rotatable bonds is 3. The van der Waals surface area contributed by atoms with E-state index in [0.29, 0.717) is 18.4 Å². The van der Waals surface area contributed by atoms with E-state index >= 15 is 0 Å². The summed E-state index contributed by atoms with van der Waals surface area (Å²) in [7, 11) is 0. The molecule has 2 atom stereocenters. The molecule has 148 valence electrons. The van der Waals surface area contributed by atoms with Gasteiger partial charge in [0.15, 0.2) is 0 Å². The van der Waals surface area contributed by atoms with E-state index in [1.165, 1.54) is 24.2 Å². The van der Waals surface area contributed by atoms with Crippen molar-refractivity contribution in [1.29, 1.82) is 0 Å². The Labute approximate surface area is 164 Å². The van der Waals surface area contributed by atoms with Crippen molar-refractivity contribution in [1.82, 2.24) is 14.8 Å². The minimum Gasteiger partial charge on any atom is -0.369 e. The maximum absolute atomic E-state index is 13.1. The van der Waals surface area contributed by atoms with Crippen LogP contribution in [0.15, 0.2) is 41.2 Å². The number of aromatic nitrogens is 1. The van der Waals surface area contributed by atoms with Crippen LogP contribution in [-0.2, 0) is 13.1 Å². The summed E-state index contributed by atoms with van der Waals surface area (Å²) in [5.41, 5.74) is 3.38. The minimum atomic E-state index is -0.199. The summed E-state index contributed by atoms with van der Waals surface area (Å²) in [5, 5.41) is 3.50. The van der Waals surface area contributed by atoms with E-state index in [1.54, 1.807) is 0 Å². The zero-order valence-electron chi connectivity index (χ0n) is 16.1. The lowest BCUT2D eigenvalue weighted by molar-refractivity contribution is 0.241. The standard InChI is InChI=1S/C22H27FN4O/c23-19-2-4-20(5-3-19)26-9-7-25(8-10-26)15-17-1-6-21-18-11-16(12-24-13-18)14-27(21)22(17)28/h1-6,16,18,24H,7-15H2/t16-,18+/m0/s1. The molecule has 2 bridgehead atoms. The highest BCUT2D eigenvalue weighted by molar-refractivity contribution is 5.46. The molecule has 0 aliphatic carbocycles. The molecular formula is C22H27FN4O. The highest BCUT2D eigenvalue weighted by Crippen LogP contribution is 2.31. The third-order valence-corrected chi connectivity index (χ3v) is 6.55. The molecule has 0 saturated carbocycles. The fourth-order valence-corrected chi connectivity index (χ4v) is 5.01. The van der Waals surface area contributed by atoms with Gasteiger partial charge in [-0.25, -0.2) is 4.39 Å². The number of pyridine rings is 1. The first kappa shape index (κ1) is 17.9. The Morgan fingerprint density at radius 1 is 1.00 bits per heavy atom. The highest BCUT2D eigenvalue weighted by Gasteiger charge is 2.31. The van der Waals surface area contributed by atoms with Crippen LogP contribution in [0, 0.1) is 11.7 Å². The zero-order valence-corrected chi connectivity index (χ0v) is 16.1. The topological polar surface area (TPSA) is 40.5 Å². The lowest BCUT2D eigenvalue weighted by atomic mass is 9.84. The molecule has 5 rings (SSSR count). The Balaban J connectivity index is 1.27. The number of benzene rings is 1. The molecule has 4 heterocycles. The molecule has 3 aliphatic heterocycles. The number of nitrogens with zero attached hydrogens (tertiary/aromatic N) is 3. The van der Waals surface area contributed by atoms with E-state index in [4.69, 9.17) is 0 Å². The predicted octanol–water partition coefficient (Wildman–Crippen LogP) is 2.02. The molecule has 3 aliphatic rings. The number of piperazine rings is 1. The Bertz CT molecular complexity index is 902. The maximum Gasteiger partial charge on any atom is 0.255 e. The van der Waals surface area contributed by atoms with Crippen LogP contribution in [0.3, 0.4) is 0 Å². The third kappa shape index (κ3) is 3.35. The van der Waals surface area contributed by atoms with Crippen LogP contribution in [0.1, 0.15) is 23.6 Å². The molecule has 28 heavy (non-hydrogen) atoms. The van der Waals surface area contributed by atoms with E-state index in [9.17, 15) is 9.18 Å². The molecule has 0 radical (unpaired) electrons. The Kier molecular flexibility index (Phi) is 4.69. The van der Waals surface area contributed by atoms with Crippen molar-refractivity contribution in [2.24, 2.45) is 5.92 Å². The monoisotopic (exact) mass is 382 g/mol. The molecule has 0 spiro atoms. The Hall–Kier alpha value is -2.18. The van der Waals surface area contributed by atoms with Crippen molar-refractivity contribution in [3.63, 3.8) is 0 Å². The Morgan fingerprint density at radius 3 is 2.57 bits per heavy atom. The van der Waals surface area contributed by atoms with Crippen molar-refractivity contribution < 1.29 is 4.39 Å². The molecule has 5 nitrogen and oxygen atoms in total. The van der Waals surface area contributed by atoms with Crippen molar-refractivity contribution in [3.8, 4) is 0 Å². The van der Waals surface area contributed by atoms with Gasteiger partial charge in [-0.05, 0) is 49.2 Å². The van der Waals surface area contributed by atoms with Crippen molar-refractivity contribution in [2.45, 2.75) is 25.4 Å². The van der Waals surface area contributed by atoms with Crippen LogP contribution < -0.4 is 15.8 Å². The van der Waals surface area contributed by atoms with Gasteiger partial charge >= 0.3 is 0 Å². The molecule has 2 fully saturated rings. The van der Waals surface area contributed by atoms with Gasteiger partial charge in [0.1, 0.15) is 5.82 Å². The molecule has 1 aromatic carbocycles. The second kappa shape index (κ2) is 7.33. The van der Waals surface area contributed by atoms with Crippen LogP contribution in [0.25, 0.3) is 0 Å². The number of fused-ring (bicyclic) bond motifs is 4. The second-order valence-corrected chi connectivity index (χ2v) is 8.40. The number of hydrogen-bond acceptors (Lipinski definition) is 4. The van der Waals surface area contributed by atoms with Gasteiger partial charge in [0.25, 0.3) is 5.56 Å². The molecule has 0 unspecified atom stereocenters. The number of anilines is 1. The first-order valence-electron chi connectivity index (χ1n) is 10.3. The summed E-state index contributed by atoms with van der Waals surface area (Å²) in [4.78, 5) is 17.7. The number of halogens is 1. The average Bonchev–Trinajstić information content (AvgIpc) is 2.72. The summed E-state index contributed by atoms with van der Waals surface area (Å²) in [6, 6.07) is 10.9. The van der Waals surface area contributed by atoms with Gasteiger partial charge in [-0.3, -0.25) is 9.69 Å². The largest absolute Gasteiger partial charge is 0.369 e. The van der Waals surface area contributed by atoms with E-state index < -0.39 is 0 Å². The maximum atomic E-state index is 13.1. The first-order valence-corrected chi connectivity index (χ1v) is 10.3. The van der Waals surface area contributed by atoms with Gasteiger partial charge in [-0.15, -0.1) is 0 Å². The van der Waals surface area contributed by atoms with Gasteiger partial charge in [0.2, 0.25) is 0 Å². The van der Waals surface area contributed by atoms with Crippen LogP contribution in [-0.4, -0.2) is 48.7 Å². The van der Waals surface area contributed by atoms with Crippen LogP contribution in [0.5, 0.6) is 0 Å². The van der Waals surface area contributed by atoms with E-state index in [1.807, 2.05) is 16.7 Å². The smallest absolute Gasteiger partial charge is 0.255 e. The van der Waals surface area contributed by atoms with Gasteiger partial charge in [-0.1, -0.05) is 6.07 Å². The predicted molar refractivity (Wildman–Crippen MR) is 108 cm³/mol.